The monoisotopic (exact) mass is 434 g/mol. The predicted molar refractivity (Wildman–Crippen MR) is 120 cm³/mol. The maximum absolute atomic E-state index is 12.8. The number of amides is 1. The molecule has 0 aliphatic rings. The number of rotatable bonds is 7. The van der Waals surface area contributed by atoms with E-state index in [4.69, 9.17) is 11.6 Å². The van der Waals surface area contributed by atoms with E-state index < -0.39 is 0 Å². The molecule has 30 heavy (non-hydrogen) atoms. The van der Waals surface area contributed by atoms with Gasteiger partial charge in [0.1, 0.15) is 6.33 Å². The van der Waals surface area contributed by atoms with Crippen LogP contribution in [0.25, 0.3) is 5.69 Å². The molecule has 0 saturated carbocycles. The van der Waals surface area contributed by atoms with Crippen LogP contribution in [0.2, 0.25) is 5.02 Å². The Kier molecular flexibility index (Phi) is 6.47. The Morgan fingerprint density at radius 2 is 1.57 bits per heavy atom. The van der Waals surface area contributed by atoms with Crippen LogP contribution in [-0.4, -0.2) is 26.4 Å². The number of halogens is 1. The quantitative estimate of drug-likeness (QED) is 0.419. The lowest BCUT2D eigenvalue weighted by Gasteiger charge is -2.20. The van der Waals surface area contributed by atoms with E-state index in [0.29, 0.717) is 10.2 Å². The van der Waals surface area contributed by atoms with E-state index in [1.54, 1.807) is 6.33 Å². The van der Waals surface area contributed by atoms with Gasteiger partial charge < -0.3 is 5.32 Å². The zero-order valence-corrected chi connectivity index (χ0v) is 17.6. The minimum Gasteiger partial charge on any atom is -0.344 e. The Morgan fingerprint density at radius 1 is 0.933 bits per heavy atom. The fourth-order valence-corrected chi connectivity index (χ4v) is 3.95. The Hall–Kier alpha value is -3.09. The number of hydrogen-bond acceptors (Lipinski definition) is 4. The van der Waals surface area contributed by atoms with Gasteiger partial charge in [-0.3, -0.25) is 9.36 Å². The molecule has 7 heteroatoms. The molecule has 5 nitrogen and oxygen atoms in total. The Labute approximate surface area is 184 Å². The fraction of sp³-hybridized carbons (Fsp3) is 0.0870. The van der Waals surface area contributed by atoms with Gasteiger partial charge in [0.2, 0.25) is 5.91 Å². The largest absolute Gasteiger partial charge is 0.344 e. The van der Waals surface area contributed by atoms with Crippen LogP contribution in [0.4, 0.5) is 0 Å². The molecule has 150 valence electrons. The van der Waals surface area contributed by atoms with E-state index in [1.165, 1.54) is 11.8 Å². The van der Waals surface area contributed by atoms with E-state index >= 15 is 0 Å². The Balaban J connectivity index is 1.48. The summed E-state index contributed by atoms with van der Waals surface area (Å²) in [6.45, 7) is 0. The zero-order valence-electron chi connectivity index (χ0n) is 16.0. The molecule has 1 amide bonds. The van der Waals surface area contributed by atoms with Gasteiger partial charge in [-0.25, -0.2) is 0 Å². The van der Waals surface area contributed by atoms with E-state index in [1.807, 2.05) is 89.5 Å². The van der Waals surface area contributed by atoms with Crippen LogP contribution in [0, 0.1) is 0 Å². The van der Waals surface area contributed by atoms with Crippen LogP contribution in [0.1, 0.15) is 17.2 Å². The summed E-state index contributed by atoms with van der Waals surface area (Å²) in [6.07, 6.45) is 1.65. The van der Waals surface area contributed by atoms with Crippen molar-refractivity contribution < 1.29 is 4.79 Å². The highest BCUT2D eigenvalue weighted by Crippen LogP contribution is 2.24. The molecule has 0 unspecified atom stereocenters. The van der Waals surface area contributed by atoms with Gasteiger partial charge in [0.05, 0.1) is 11.8 Å². The van der Waals surface area contributed by atoms with E-state index in [9.17, 15) is 4.79 Å². The van der Waals surface area contributed by atoms with Crippen LogP contribution < -0.4 is 5.32 Å². The van der Waals surface area contributed by atoms with Gasteiger partial charge in [-0.15, -0.1) is 10.2 Å². The second-order valence-electron chi connectivity index (χ2n) is 6.57. The summed E-state index contributed by atoms with van der Waals surface area (Å²) in [6, 6.07) is 26.9. The number of carbonyl (C=O) groups excluding carboxylic acids is 1. The molecule has 0 fully saturated rings. The number of hydrogen-bond donors (Lipinski definition) is 1. The molecule has 1 heterocycles. The lowest BCUT2D eigenvalue weighted by molar-refractivity contribution is -0.119. The summed E-state index contributed by atoms with van der Waals surface area (Å²) >= 11 is 7.38. The highest BCUT2D eigenvalue weighted by Gasteiger charge is 2.18. The predicted octanol–water partition coefficient (Wildman–Crippen LogP) is 4.92. The van der Waals surface area contributed by atoms with Gasteiger partial charge in [0.25, 0.3) is 0 Å². The molecular weight excluding hydrogens is 416 g/mol. The first-order chi connectivity index (χ1) is 14.7. The molecule has 3 aromatic carbocycles. The minimum absolute atomic E-state index is 0.0913. The maximum atomic E-state index is 12.8. The fourth-order valence-electron chi connectivity index (χ4n) is 3.08. The lowest BCUT2D eigenvalue weighted by Crippen LogP contribution is -2.30. The molecule has 1 aromatic heterocycles. The average molecular weight is 435 g/mol. The van der Waals surface area contributed by atoms with Crippen molar-refractivity contribution in [3.05, 3.63) is 107 Å². The Bertz CT molecular complexity index is 1100. The molecule has 0 radical (unpaired) electrons. The summed E-state index contributed by atoms with van der Waals surface area (Å²) in [5.74, 6) is 0.133. The molecule has 1 atom stereocenters. The van der Waals surface area contributed by atoms with Gasteiger partial charge in [-0.1, -0.05) is 84.0 Å². The summed E-state index contributed by atoms with van der Waals surface area (Å²) in [5.41, 5.74) is 2.93. The van der Waals surface area contributed by atoms with Crippen molar-refractivity contribution in [1.29, 1.82) is 0 Å². The van der Waals surface area contributed by atoms with Crippen LogP contribution in [0.3, 0.4) is 0 Å². The highest BCUT2D eigenvalue weighted by atomic mass is 35.5. The first-order valence-electron chi connectivity index (χ1n) is 9.39. The summed E-state index contributed by atoms with van der Waals surface area (Å²) in [4.78, 5) is 12.8. The van der Waals surface area contributed by atoms with Crippen molar-refractivity contribution in [3.63, 3.8) is 0 Å². The number of aromatic nitrogens is 3. The van der Waals surface area contributed by atoms with Crippen molar-refractivity contribution in [2.24, 2.45) is 0 Å². The molecule has 0 aliphatic heterocycles. The zero-order chi connectivity index (χ0) is 20.8. The summed E-state index contributed by atoms with van der Waals surface area (Å²) in [5, 5.41) is 12.6. The molecule has 4 rings (SSSR count). The normalized spacial score (nSPS) is 11.8. The number of para-hydroxylation sites is 1. The first kappa shape index (κ1) is 20.2. The molecule has 0 bridgehead atoms. The van der Waals surface area contributed by atoms with Crippen LogP contribution in [-0.2, 0) is 4.79 Å². The molecule has 1 N–H and O–H groups in total. The van der Waals surface area contributed by atoms with Crippen LogP contribution >= 0.6 is 23.4 Å². The van der Waals surface area contributed by atoms with Crippen molar-refractivity contribution in [1.82, 2.24) is 20.1 Å². The molecule has 4 aromatic rings. The number of nitrogens with one attached hydrogen (secondary N) is 1. The first-order valence-corrected chi connectivity index (χ1v) is 10.7. The second kappa shape index (κ2) is 9.61. The van der Waals surface area contributed by atoms with Crippen molar-refractivity contribution in [2.45, 2.75) is 11.2 Å². The van der Waals surface area contributed by atoms with Crippen molar-refractivity contribution in [3.8, 4) is 5.69 Å². The highest BCUT2D eigenvalue weighted by molar-refractivity contribution is 7.99. The lowest BCUT2D eigenvalue weighted by atomic mass is 9.99. The van der Waals surface area contributed by atoms with Crippen molar-refractivity contribution in [2.75, 3.05) is 5.75 Å². The van der Waals surface area contributed by atoms with Crippen molar-refractivity contribution >= 4 is 29.3 Å². The molecular formula is C23H19ClN4OS. The maximum Gasteiger partial charge on any atom is 0.231 e. The average Bonchev–Trinajstić information content (AvgIpc) is 3.27. The summed E-state index contributed by atoms with van der Waals surface area (Å²) < 4.78 is 1.87. The smallest absolute Gasteiger partial charge is 0.231 e. The number of carbonyl (C=O) groups is 1. The van der Waals surface area contributed by atoms with Gasteiger partial charge in [0, 0.05) is 10.7 Å². The minimum atomic E-state index is -0.261. The Morgan fingerprint density at radius 3 is 2.27 bits per heavy atom. The third-order valence-corrected chi connectivity index (χ3v) is 5.72. The third-order valence-electron chi connectivity index (χ3n) is 4.52. The number of nitrogens with zero attached hydrogens (tertiary/aromatic N) is 3. The number of benzene rings is 3. The SMILES string of the molecule is O=C(CSc1nncn1-c1ccccc1)N[C@@H](c1ccccc1)c1ccc(Cl)cc1. The number of thioether (sulfide) groups is 1. The standard InChI is InChI=1S/C23H19ClN4OS/c24-19-13-11-18(12-14-19)22(17-7-3-1-4-8-17)26-21(29)15-30-23-27-25-16-28(23)20-9-5-2-6-10-20/h1-14,16,22H,15H2,(H,26,29)/t22-/m0/s1. The van der Waals surface area contributed by atoms with E-state index in [2.05, 4.69) is 15.5 Å². The van der Waals surface area contributed by atoms with Gasteiger partial charge >= 0.3 is 0 Å². The molecule has 0 aliphatic carbocycles. The topological polar surface area (TPSA) is 59.8 Å². The van der Waals surface area contributed by atoms with Gasteiger partial charge in [0.15, 0.2) is 5.16 Å². The van der Waals surface area contributed by atoms with Crippen LogP contribution in [0.15, 0.2) is 96.4 Å². The molecule has 0 saturated heterocycles. The van der Waals surface area contributed by atoms with E-state index in [-0.39, 0.29) is 17.7 Å². The third kappa shape index (κ3) is 4.90. The van der Waals surface area contributed by atoms with E-state index in [0.717, 1.165) is 16.8 Å². The second-order valence-corrected chi connectivity index (χ2v) is 7.95. The summed E-state index contributed by atoms with van der Waals surface area (Å²) in [7, 11) is 0. The van der Waals surface area contributed by atoms with Crippen LogP contribution in [0.5, 0.6) is 0 Å². The molecule has 0 spiro atoms. The van der Waals surface area contributed by atoms with Gasteiger partial charge in [-0.2, -0.15) is 0 Å². The van der Waals surface area contributed by atoms with Gasteiger partial charge in [-0.05, 0) is 35.4 Å².